The molecular formula is C16H31NO2. The minimum absolute atomic E-state index is 0.170. The Hall–Kier alpha value is -0.410. The average molecular weight is 269 g/mol. The van der Waals surface area contributed by atoms with Gasteiger partial charge in [0.15, 0.2) is 0 Å². The maximum Gasteiger partial charge on any atom is 0.137 e. The number of hydrogen-bond acceptors (Lipinski definition) is 3. The van der Waals surface area contributed by atoms with Crippen LogP contribution in [-0.2, 0) is 4.79 Å². The number of rotatable bonds is 6. The second-order valence-corrected chi connectivity index (χ2v) is 7.08. The third kappa shape index (κ3) is 5.62. The van der Waals surface area contributed by atoms with Crippen molar-refractivity contribution in [3.05, 3.63) is 0 Å². The van der Waals surface area contributed by atoms with Crippen LogP contribution in [0.15, 0.2) is 0 Å². The molecule has 0 aromatic heterocycles. The van der Waals surface area contributed by atoms with Crippen LogP contribution >= 0.6 is 0 Å². The molecule has 0 spiro atoms. The molecule has 3 nitrogen and oxygen atoms in total. The van der Waals surface area contributed by atoms with E-state index < -0.39 is 5.60 Å². The van der Waals surface area contributed by atoms with Gasteiger partial charge in [0.25, 0.3) is 0 Å². The van der Waals surface area contributed by atoms with Crippen LogP contribution in [0, 0.1) is 17.8 Å². The first-order chi connectivity index (χ1) is 8.73. The Morgan fingerprint density at radius 2 is 2.05 bits per heavy atom. The van der Waals surface area contributed by atoms with E-state index >= 15 is 0 Å². The van der Waals surface area contributed by atoms with Gasteiger partial charge in [-0.05, 0) is 45.1 Å². The van der Waals surface area contributed by atoms with Crippen molar-refractivity contribution in [3.8, 4) is 0 Å². The fourth-order valence-electron chi connectivity index (χ4n) is 3.09. The third-order valence-corrected chi connectivity index (χ3v) is 4.28. The van der Waals surface area contributed by atoms with Crippen LogP contribution in [0.1, 0.15) is 53.9 Å². The van der Waals surface area contributed by atoms with Crippen LogP contribution in [0.25, 0.3) is 0 Å². The minimum Gasteiger partial charge on any atom is -0.389 e. The lowest BCUT2D eigenvalue weighted by Gasteiger charge is -2.35. The summed E-state index contributed by atoms with van der Waals surface area (Å²) >= 11 is 0. The highest BCUT2D eigenvalue weighted by molar-refractivity contribution is 5.82. The number of carbonyl (C=O) groups is 1. The molecule has 0 saturated heterocycles. The minimum atomic E-state index is -0.689. The summed E-state index contributed by atoms with van der Waals surface area (Å²) in [5.41, 5.74) is -0.689. The predicted molar refractivity (Wildman–Crippen MR) is 79.1 cm³/mol. The van der Waals surface area contributed by atoms with Crippen molar-refractivity contribution in [2.75, 3.05) is 19.6 Å². The topological polar surface area (TPSA) is 40.5 Å². The number of Topliss-reactive ketones (excluding diaryl/α,β-unsaturated/α-hetero) is 1. The van der Waals surface area contributed by atoms with E-state index in [9.17, 15) is 9.90 Å². The number of carbonyl (C=O) groups excluding carboxylic acids is 1. The highest BCUT2D eigenvalue weighted by atomic mass is 16.3. The zero-order chi connectivity index (χ0) is 14.6. The Morgan fingerprint density at radius 1 is 1.42 bits per heavy atom. The molecule has 0 aromatic carbocycles. The van der Waals surface area contributed by atoms with Gasteiger partial charge in [0.05, 0.1) is 5.60 Å². The monoisotopic (exact) mass is 269 g/mol. The Morgan fingerprint density at radius 3 is 2.53 bits per heavy atom. The van der Waals surface area contributed by atoms with Crippen molar-refractivity contribution in [1.29, 1.82) is 0 Å². The largest absolute Gasteiger partial charge is 0.389 e. The lowest BCUT2D eigenvalue weighted by Crippen LogP contribution is -2.43. The van der Waals surface area contributed by atoms with E-state index in [1.807, 2.05) is 13.8 Å². The van der Waals surface area contributed by atoms with E-state index in [0.717, 1.165) is 32.4 Å². The Bertz CT molecular complexity index is 294. The van der Waals surface area contributed by atoms with Crippen molar-refractivity contribution in [2.45, 2.75) is 59.5 Å². The molecule has 19 heavy (non-hydrogen) atoms. The number of hydrogen-bond donors (Lipinski definition) is 1. The molecule has 0 bridgehead atoms. The molecule has 0 heterocycles. The average Bonchev–Trinajstić information content (AvgIpc) is 2.28. The Kier molecular flexibility index (Phi) is 6.00. The molecule has 1 rings (SSSR count). The highest BCUT2D eigenvalue weighted by Crippen LogP contribution is 2.32. The number of nitrogens with zero attached hydrogens (tertiary/aromatic N) is 1. The van der Waals surface area contributed by atoms with E-state index in [4.69, 9.17) is 0 Å². The van der Waals surface area contributed by atoms with Gasteiger partial charge < -0.3 is 10.0 Å². The van der Waals surface area contributed by atoms with Gasteiger partial charge >= 0.3 is 0 Å². The predicted octanol–water partition coefficient (Wildman–Crippen LogP) is 2.72. The summed E-state index contributed by atoms with van der Waals surface area (Å²) in [7, 11) is 0. The van der Waals surface area contributed by atoms with Crippen molar-refractivity contribution in [2.24, 2.45) is 17.8 Å². The first-order valence-corrected chi connectivity index (χ1v) is 7.70. The quantitative estimate of drug-likeness (QED) is 0.806. The van der Waals surface area contributed by atoms with Crippen LogP contribution in [0.3, 0.4) is 0 Å². The maximum atomic E-state index is 12.1. The summed E-state index contributed by atoms with van der Waals surface area (Å²) in [6.07, 6.45) is 2.83. The third-order valence-electron chi connectivity index (χ3n) is 4.28. The summed E-state index contributed by atoms with van der Waals surface area (Å²) in [5, 5.41) is 9.93. The molecule has 1 N–H and O–H groups in total. The molecule has 2 unspecified atom stereocenters. The molecule has 3 heteroatoms. The molecule has 0 radical (unpaired) electrons. The van der Waals surface area contributed by atoms with Crippen molar-refractivity contribution in [1.82, 2.24) is 4.90 Å². The molecule has 1 fully saturated rings. The van der Waals surface area contributed by atoms with E-state index in [-0.39, 0.29) is 5.92 Å². The van der Waals surface area contributed by atoms with Crippen LogP contribution in [0.5, 0.6) is 0 Å². The van der Waals surface area contributed by atoms with Gasteiger partial charge in [-0.15, -0.1) is 0 Å². The zero-order valence-corrected chi connectivity index (χ0v) is 13.3. The standard InChI is InChI=1S/C16H31NO2/c1-6-17(11-16(4,5)19)10-14-9-13(12(2)3)7-8-15(14)18/h12-14,19H,6-11H2,1-5H3. The van der Waals surface area contributed by atoms with E-state index in [1.165, 1.54) is 0 Å². The summed E-state index contributed by atoms with van der Waals surface area (Å²) < 4.78 is 0. The summed E-state index contributed by atoms with van der Waals surface area (Å²) in [6, 6.07) is 0. The van der Waals surface area contributed by atoms with Gasteiger partial charge in [-0.3, -0.25) is 4.79 Å². The highest BCUT2D eigenvalue weighted by Gasteiger charge is 2.31. The molecule has 2 atom stereocenters. The van der Waals surface area contributed by atoms with Gasteiger partial charge in [-0.1, -0.05) is 20.8 Å². The SMILES string of the molecule is CCN(CC1CC(C(C)C)CCC1=O)CC(C)(C)O. The first-order valence-electron chi connectivity index (χ1n) is 7.70. The molecule has 0 amide bonds. The van der Waals surface area contributed by atoms with Crippen molar-refractivity contribution < 1.29 is 9.90 Å². The second-order valence-electron chi connectivity index (χ2n) is 7.08. The molecule has 0 aliphatic heterocycles. The maximum absolute atomic E-state index is 12.1. The van der Waals surface area contributed by atoms with E-state index in [0.29, 0.717) is 24.2 Å². The summed E-state index contributed by atoms with van der Waals surface area (Å²) in [5.74, 6) is 1.94. The zero-order valence-electron chi connectivity index (χ0n) is 13.3. The normalized spacial score (nSPS) is 25.4. The smallest absolute Gasteiger partial charge is 0.137 e. The van der Waals surface area contributed by atoms with Gasteiger partial charge in [0.2, 0.25) is 0 Å². The number of ketones is 1. The summed E-state index contributed by atoms with van der Waals surface area (Å²) in [4.78, 5) is 14.3. The van der Waals surface area contributed by atoms with Gasteiger partial charge in [-0.25, -0.2) is 0 Å². The van der Waals surface area contributed by atoms with Crippen LogP contribution < -0.4 is 0 Å². The first kappa shape index (κ1) is 16.6. The fourth-order valence-corrected chi connectivity index (χ4v) is 3.09. The molecule has 1 aliphatic carbocycles. The van der Waals surface area contributed by atoms with Gasteiger partial charge in [0.1, 0.15) is 5.78 Å². The number of likely N-dealkylation sites (N-methyl/N-ethyl adjacent to an activating group) is 1. The van der Waals surface area contributed by atoms with E-state index in [1.54, 1.807) is 0 Å². The lowest BCUT2D eigenvalue weighted by molar-refractivity contribution is -0.127. The molecule has 0 aromatic rings. The molecule has 1 saturated carbocycles. The van der Waals surface area contributed by atoms with Crippen LogP contribution in [0.2, 0.25) is 0 Å². The molecular weight excluding hydrogens is 238 g/mol. The Balaban J connectivity index is 2.59. The number of aliphatic hydroxyl groups is 1. The molecule has 1 aliphatic rings. The second kappa shape index (κ2) is 6.85. The molecule has 112 valence electrons. The van der Waals surface area contributed by atoms with Crippen molar-refractivity contribution >= 4 is 5.78 Å². The van der Waals surface area contributed by atoms with Crippen LogP contribution in [-0.4, -0.2) is 41.0 Å². The van der Waals surface area contributed by atoms with Crippen LogP contribution in [0.4, 0.5) is 0 Å². The Labute approximate surface area is 118 Å². The fraction of sp³-hybridized carbons (Fsp3) is 0.938. The van der Waals surface area contributed by atoms with Gasteiger partial charge in [0, 0.05) is 25.4 Å². The van der Waals surface area contributed by atoms with Crippen molar-refractivity contribution in [3.63, 3.8) is 0 Å². The summed E-state index contributed by atoms with van der Waals surface area (Å²) in [6.45, 7) is 12.6. The lowest BCUT2D eigenvalue weighted by atomic mass is 9.75. The van der Waals surface area contributed by atoms with Gasteiger partial charge in [-0.2, -0.15) is 0 Å². The van der Waals surface area contributed by atoms with E-state index in [2.05, 4.69) is 25.7 Å².